The van der Waals surface area contributed by atoms with E-state index in [1.165, 1.54) is 0 Å². The Labute approximate surface area is 103 Å². The predicted molar refractivity (Wildman–Crippen MR) is 63.5 cm³/mol. The second-order valence-electron chi connectivity index (χ2n) is 3.33. The van der Waals surface area contributed by atoms with Crippen molar-refractivity contribution in [2.75, 3.05) is 0 Å². The van der Waals surface area contributed by atoms with Crippen LogP contribution in [0.3, 0.4) is 0 Å². The first-order chi connectivity index (χ1) is 7.75. The maximum atomic E-state index is 5.90. The van der Waals surface area contributed by atoms with Gasteiger partial charge in [0.2, 0.25) is 0 Å². The number of aromatic nitrogens is 1. The van der Waals surface area contributed by atoms with Gasteiger partial charge in [-0.15, -0.1) is 0 Å². The molecule has 1 aromatic carbocycles. The van der Waals surface area contributed by atoms with E-state index in [1.807, 2.05) is 18.2 Å². The van der Waals surface area contributed by atoms with Crippen molar-refractivity contribution in [1.29, 1.82) is 0 Å². The van der Waals surface area contributed by atoms with Crippen molar-refractivity contribution in [2.24, 2.45) is 0 Å². The summed E-state index contributed by atoms with van der Waals surface area (Å²) in [5.74, 6) is 0.806. The summed E-state index contributed by atoms with van der Waals surface area (Å²) in [5.41, 5.74) is 1.08. The molecule has 0 unspecified atom stereocenters. The maximum Gasteiger partial charge on any atom is 0.150 e. The van der Waals surface area contributed by atoms with E-state index in [0.717, 1.165) is 11.3 Å². The van der Waals surface area contributed by atoms with Gasteiger partial charge >= 0.3 is 0 Å². The summed E-state index contributed by atoms with van der Waals surface area (Å²) in [5, 5.41) is 7.98. The van der Waals surface area contributed by atoms with Crippen molar-refractivity contribution in [1.82, 2.24) is 10.5 Å². The molecule has 0 aliphatic rings. The molecule has 1 heterocycles. The zero-order valence-corrected chi connectivity index (χ0v) is 9.92. The van der Waals surface area contributed by atoms with E-state index in [1.54, 1.807) is 12.3 Å². The molecule has 3 nitrogen and oxygen atoms in total. The number of hydrogen-bond acceptors (Lipinski definition) is 3. The van der Waals surface area contributed by atoms with Crippen LogP contribution in [0.25, 0.3) is 0 Å². The number of rotatable bonds is 4. The number of benzene rings is 1. The van der Waals surface area contributed by atoms with E-state index in [4.69, 9.17) is 27.7 Å². The third kappa shape index (κ3) is 2.98. The van der Waals surface area contributed by atoms with Crippen LogP contribution in [0.15, 0.2) is 35.0 Å². The molecule has 0 saturated heterocycles. The van der Waals surface area contributed by atoms with Crippen LogP contribution in [0.1, 0.15) is 11.3 Å². The molecular weight excluding hydrogens is 247 g/mol. The smallest absolute Gasteiger partial charge is 0.150 e. The maximum absolute atomic E-state index is 5.90. The average Bonchev–Trinajstić information content (AvgIpc) is 2.76. The minimum atomic E-state index is 0.570. The van der Waals surface area contributed by atoms with Gasteiger partial charge in [-0.3, -0.25) is 0 Å². The molecule has 0 fully saturated rings. The van der Waals surface area contributed by atoms with Gasteiger partial charge in [-0.25, -0.2) is 0 Å². The third-order valence-electron chi connectivity index (χ3n) is 2.10. The van der Waals surface area contributed by atoms with Crippen LogP contribution in [0.5, 0.6) is 0 Å². The highest BCUT2D eigenvalue weighted by molar-refractivity contribution is 6.42. The van der Waals surface area contributed by atoms with Gasteiger partial charge in [-0.1, -0.05) is 34.4 Å². The molecule has 16 heavy (non-hydrogen) atoms. The summed E-state index contributed by atoms with van der Waals surface area (Å²) in [7, 11) is 0. The van der Waals surface area contributed by atoms with Crippen molar-refractivity contribution in [2.45, 2.75) is 13.1 Å². The Morgan fingerprint density at radius 3 is 2.69 bits per heavy atom. The van der Waals surface area contributed by atoms with E-state index < -0.39 is 0 Å². The summed E-state index contributed by atoms with van der Waals surface area (Å²) >= 11 is 11.7. The lowest BCUT2D eigenvalue weighted by atomic mass is 10.2. The fourth-order valence-corrected chi connectivity index (χ4v) is 1.63. The molecule has 0 aliphatic heterocycles. The van der Waals surface area contributed by atoms with Crippen LogP contribution in [0.2, 0.25) is 10.0 Å². The van der Waals surface area contributed by atoms with Crippen LogP contribution >= 0.6 is 23.2 Å². The van der Waals surface area contributed by atoms with E-state index in [2.05, 4.69) is 10.5 Å². The second kappa shape index (κ2) is 5.34. The normalized spacial score (nSPS) is 10.6. The minimum Gasteiger partial charge on any atom is -0.360 e. The van der Waals surface area contributed by atoms with Crippen molar-refractivity contribution >= 4 is 23.2 Å². The van der Waals surface area contributed by atoms with Crippen LogP contribution in [0, 0.1) is 0 Å². The first-order valence-electron chi connectivity index (χ1n) is 4.80. The largest absolute Gasteiger partial charge is 0.360 e. The Bertz CT molecular complexity index is 457. The molecule has 5 heteroatoms. The second-order valence-corrected chi connectivity index (χ2v) is 4.15. The molecular formula is C11H10Cl2N2O. The van der Waals surface area contributed by atoms with Crippen molar-refractivity contribution in [3.05, 3.63) is 51.8 Å². The van der Waals surface area contributed by atoms with E-state index in [-0.39, 0.29) is 0 Å². The number of nitrogens with zero attached hydrogens (tertiary/aromatic N) is 1. The Morgan fingerprint density at radius 2 is 2.00 bits per heavy atom. The standard InChI is InChI=1S/C11H10Cl2N2O/c12-10-2-1-8(5-11(10)13)6-14-7-9-3-4-15-16-9/h1-5,14H,6-7H2. The molecule has 84 valence electrons. The van der Waals surface area contributed by atoms with Gasteiger partial charge in [-0.2, -0.15) is 0 Å². The summed E-state index contributed by atoms with van der Waals surface area (Å²) < 4.78 is 4.95. The summed E-state index contributed by atoms with van der Waals surface area (Å²) in [6.45, 7) is 1.35. The topological polar surface area (TPSA) is 38.1 Å². The van der Waals surface area contributed by atoms with Crippen LogP contribution in [0.4, 0.5) is 0 Å². The lowest BCUT2D eigenvalue weighted by Gasteiger charge is -2.04. The van der Waals surface area contributed by atoms with Crippen molar-refractivity contribution in [3.63, 3.8) is 0 Å². The van der Waals surface area contributed by atoms with E-state index in [9.17, 15) is 0 Å². The lowest BCUT2D eigenvalue weighted by molar-refractivity contribution is 0.373. The molecule has 0 bridgehead atoms. The number of halogens is 2. The predicted octanol–water partition coefficient (Wildman–Crippen LogP) is 3.27. The fourth-order valence-electron chi connectivity index (χ4n) is 1.31. The fraction of sp³-hybridized carbons (Fsp3) is 0.182. The summed E-state index contributed by atoms with van der Waals surface area (Å²) in [6, 6.07) is 7.38. The highest BCUT2D eigenvalue weighted by atomic mass is 35.5. The quantitative estimate of drug-likeness (QED) is 0.913. The van der Waals surface area contributed by atoms with Gasteiger partial charge in [0.1, 0.15) is 5.76 Å². The van der Waals surface area contributed by atoms with Gasteiger partial charge in [-0.05, 0) is 17.7 Å². The molecule has 0 amide bonds. The van der Waals surface area contributed by atoms with E-state index in [0.29, 0.717) is 23.1 Å². The Hall–Kier alpha value is -1.03. The Kier molecular flexibility index (Phi) is 3.83. The monoisotopic (exact) mass is 256 g/mol. The molecule has 0 saturated carbocycles. The SMILES string of the molecule is Clc1ccc(CNCc2ccno2)cc1Cl. The zero-order chi connectivity index (χ0) is 11.4. The summed E-state index contributed by atoms with van der Waals surface area (Å²) in [4.78, 5) is 0. The highest BCUT2D eigenvalue weighted by Gasteiger charge is 2.00. The Balaban J connectivity index is 1.87. The van der Waals surface area contributed by atoms with Gasteiger partial charge in [0, 0.05) is 12.6 Å². The van der Waals surface area contributed by atoms with E-state index >= 15 is 0 Å². The average molecular weight is 257 g/mol. The van der Waals surface area contributed by atoms with Crippen molar-refractivity contribution in [3.8, 4) is 0 Å². The van der Waals surface area contributed by atoms with Crippen LogP contribution in [-0.2, 0) is 13.1 Å². The first-order valence-corrected chi connectivity index (χ1v) is 5.55. The van der Waals surface area contributed by atoms with Gasteiger partial charge in [0.05, 0.1) is 22.8 Å². The van der Waals surface area contributed by atoms with Gasteiger partial charge < -0.3 is 9.84 Å². The molecule has 2 aromatic rings. The van der Waals surface area contributed by atoms with Crippen LogP contribution < -0.4 is 5.32 Å². The summed E-state index contributed by atoms with van der Waals surface area (Å²) in [6.07, 6.45) is 1.62. The number of hydrogen-bond donors (Lipinski definition) is 1. The molecule has 0 radical (unpaired) electrons. The number of nitrogens with one attached hydrogen (secondary N) is 1. The molecule has 0 spiro atoms. The minimum absolute atomic E-state index is 0.570. The van der Waals surface area contributed by atoms with Gasteiger partial charge in [0.25, 0.3) is 0 Å². The Morgan fingerprint density at radius 1 is 1.12 bits per heavy atom. The highest BCUT2D eigenvalue weighted by Crippen LogP contribution is 2.22. The van der Waals surface area contributed by atoms with Crippen molar-refractivity contribution < 1.29 is 4.52 Å². The molecule has 1 aromatic heterocycles. The van der Waals surface area contributed by atoms with Gasteiger partial charge in [0.15, 0.2) is 0 Å². The lowest BCUT2D eigenvalue weighted by Crippen LogP contribution is -2.12. The molecule has 0 atom stereocenters. The molecule has 1 N–H and O–H groups in total. The third-order valence-corrected chi connectivity index (χ3v) is 2.84. The van der Waals surface area contributed by atoms with Crippen LogP contribution in [-0.4, -0.2) is 5.16 Å². The first kappa shape index (κ1) is 11.5. The molecule has 2 rings (SSSR count). The molecule has 0 aliphatic carbocycles. The zero-order valence-electron chi connectivity index (χ0n) is 8.41.